The second-order valence-electron chi connectivity index (χ2n) is 3.61. The maximum atomic E-state index is 5.12. The molecule has 0 aromatic carbocycles. The van der Waals surface area contributed by atoms with Gasteiger partial charge in [0.15, 0.2) is 5.82 Å². The van der Waals surface area contributed by atoms with Crippen LogP contribution in [0.5, 0.6) is 0 Å². The van der Waals surface area contributed by atoms with E-state index in [1.165, 1.54) is 12.8 Å². The van der Waals surface area contributed by atoms with Crippen LogP contribution in [0.25, 0.3) is 0 Å². The fourth-order valence-corrected chi connectivity index (χ4v) is 1.28. The van der Waals surface area contributed by atoms with E-state index in [1.54, 1.807) is 0 Å². The first kappa shape index (κ1) is 8.69. The van der Waals surface area contributed by atoms with Crippen LogP contribution in [-0.2, 0) is 12.8 Å². The van der Waals surface area contributed by atoms with Crippen molar-refractivity contribution in [2.75, 3.05) is 13.6 Å². The van der Waals surface area contributed by atoms with E-state index in [4.69, 9.17) is 4.52 Å². The summed E-state index contributed by atoms with van der Waals surface area (Å²) in [5, 5.41) is 6.97. The van der Waals surface area contributed by atoms with Gasteiger partial charge in [0, 0.05) is 19.4 Å². The summed E-state index contributed by atoms with van der Waals surface area (Å²) in [6.07, 6.45) is 4.49. The lowest BCUT2D eigenvalue weighted by Crippen LogP contribution is -2.11. The first-order valence-electron chi connectivity index (χ1n) is 4.84. The van der Waals surface area contributed by atoms with Crippen LogP contribution in [-0.4, -0.2) is 23.7 Å². The van der Waals surface area contributed by atoms with Crippen LogP contribution in [0, 0.1) is 5.92 Å². The van der Waals surface area contributed by atoms with Gasteiger partial charge in [0.1, 0.15) is 0 Å². The van der Waals surface area contributed by atoms with E-state index in [0.29, 0.717) is 0 Å². The monoisotopic (exact) mass is 181 g/mol. The SMILES string of the molecule is CNCCc1noc(CC2CC2)n1. The largest absolute Gasteiger partial charge is 0.339 e. The molecule has 2 rings (SSSR count). The Morgan fingerprint density at radius 3 is 3.08 bits per heavy atom. The van der Waals surface area contributed by atoms with Crippen LogP contribution in [0.2, 0.25) is 0 Å². The number of likely N-dealkylation sites (N-methyl/N-ethyl adjacent to an activating group) is 1. The van der Waals surface area contributed by atoms with Gasteiger partial charge >= 0.3 is 0 Å². The first-order chi connectivity index (χ1) is 6.38. The summed E-state index contributed by atoms with van der Waals surface area (Å²) in [6.45, 7) is 0.905. The molecule has 0 atom stereocenters. The molecule has 1 aromatic heterocycles. The van der Waals surface area contributed by atoms with Gasteiger partial charge in [-0.05, 0) is 25.8 Å². The van der Waals surface area contributed by atoms with E-state index in [1.807, 2.05) is 7.05 Å². The molecular weight excluding hydrogens is 166 g/mol. The number of rotatable bonds is 5. The molecule has 1 aliphatic carbocycles. The molecule has 0 bridgehead atoms. The molecular formula is C9H15N3O. The van der Waals surface area contributed by atoms with Gasteiger partial charge in [-0.2, -0.15) is 4.98 Å². The van der Waals surface area contributed by atoms with Crippen molar-refractivity contribution in [3.8, 4) is 0 Å². The zero-order chi connectivity index (χ0) is 9.10. The van der Waals surface area contributed by atoms with Crippen LogP contribution >= 0.6 is 0 Å². The molecule has 72 valence electrons. The summed E-state index contributed by atoms with van der Waals surface area (Å²) < 4.78 is 5.12. The third-order valence-corrected chi connectivity index (χ3v) is 2.27. The molecule has 1 saturated carbocycles. The Bertz CT molecular complexity index is 268. The highest BCUT2D eigenvalue weighted by Crippen LogP contribution is 2.31. The fourth-order valence-electron chi connectivity index (χ4n) is 1.28. The van der Waals surface area contributed by atoms with Crippen LogP contribution in [0.15, 0.2) is 4.52 Å². The summed E-state index contributed by atoms with van der Waals surface area (Å²) in [4.78, 5) is 4.31. The van der Waals surface area contributed by atoms with Crippen molar-refractivity contribution in [3.63, 3.8) is 0 Å². The van der Waals surface area contributed by atoms with Gasteiger partial charge in [-0.3, -0.25) is 0 Å². The Hall–Kier alpha value is -0.900. The minimum atomic E-state index is 0.814. The second-order valence-corrected chi connectivity index (χ2v) is 3.61. The molecule has 0 aliphatic heterocycles. The number of nitrogens with zero attached hydrogens (tertiary/aromatic N) is 2. The summed E-state index contributed by atoms with van der Waals surface area (Å²) in [5.74, 6) is 2.45. The Labute approximate surface area is 77.7 Å². The zero-order valence-electron chi connectivity index (χ0n) is 7.92. The minimum absolute atomic E-state index is 0.814. The van der Waals surface area contributed by atoms with Crippen molar-refractivity contribution in [2.24, 2.45) is 5.92 Å². The molecule has 1 fully saturated rings. The maximum absolute atomic E-state index is 5.12. The predicted octanol–water partition coefficient (Wildman–Crippen LogP) is 0.784. The second kappa shape index (κ2) is 3.87. The van der Waals surface area contributed by atoms with Crippen molar-refractivity contribution in [1.82, 2.24) is 15.5 Å². The Morgan fingerprint density at radius 1 is 1.54 bits per heavy atom. The van der Waals surface area contributed by atoms with E-state index >= 15 is 0 Å². The molecule has 0 unspecified atom stereocenters. The first-order valence-corrected chi connectivity index (χ1v) is 4.84. The maximum Gasteiger partial charge on any atom is 0.226 e. The molecule has 0 saturated heterocycles. The van der Waals surface area contributed by atoms with Gasteiger partial charge in [-0.15, -0.1) is 0 Å². The third-order valence-electron chi connectivity index (χ3n) is 2.27. The smallest absolute Gasteiger partial charge is 0.226 e. The summed E-state index contributed by atoms with van der Waals surface area (Å²) in [7, 11) is 1.92. The van der Waals surface area contributed by atoms with Crippen LogP contribution < -0.4 is 5.32 Å². The lowest BCUT2D eigenvalue weighted by Gasteiger charge is -1.90. The van der Waals surface area contributed by atoms with Crippen molar-refractivity contribution in [1.29, 1.82) is 0 Å². The number of hydrogen-bond acceptors (Lipinski definition) is 4. The van der Waals surface area contributed by atoms with Crippen molar-refractivity contribution in [3.05, 3.63) is 11.7 Å². The third kappa shape index (κ3) is 2.52. The topological polar surface area (TPSA) is 51.0 Å². The van der Waals surface area contributed by atoms with E-state index in [9.17, 15) is 0 Å². The molecule has 0 spiro atoms. The van der Waals surface area contributed by atoms with Crippen LogP contribution in [0.4, 0.5) is 0 Å². The summed E-state index contributed by atoms with van der Waals surface area (Å²) in [5.41, 5.74) is 0. The van der Waals surface area contributed by atoms with Gasteiger partial charge in [0.05, 0.1) is 0 Å². The Balaban J connectivity index is 1.84. The summed E-state index contributed by atoms with van der Waals surface area (Å²) >= 11 is 0. The predicted molar refractivity (Wildman–Crippen MR) is 48.4 cm³/mol. The zero-order valence-corrected chi connectivity index (χ0v) is 7.92. The highest BCUT2D eigenvalue weighted by atomic mass is 16.5. The average molecular weight is 181 g/mol. The van der Waals surface area contributed by atoms with Crippen molar-refractivity contribution in [2.45, 2.75) is 25.7 Å². The van der Waals surface area contributed by atoms with E-state index in [-0.39, 0.29) is 0 Å². The lowest BCUT2D eigenvalue weighted by molar-refractivity contribution is 0.367. The van der Waals surface area contributed by atoms with Gasteiger partial charge in [0.2, 0.25) is 5.89 Å². The van der Waals surface area contributed by atoms with Gasteiger partial charge < -0.3 is 9.84 Å². The molecule has 1 aliphatic rings. The fraction of sp³-hybridized carbons (Fsp3) is 0.778. The Kier molecular flexibility index (Phi) is 2.59. The highest BCUT2D eigenvalue weighted by molar-refractivity contribution is 4.91. The molecule has 0 radical (unpaired) electrons. The lowest BCUT2D eigenvalue weighted by atomic mass is 10.3. The van der Waals surface area contributed by atoms with Crippen LogP contribution in [0.1, 0.15) is 24.6 Å². The summed E-state index contributed by atoms with van der Waals surface area (Å²) in [6, 6.07) is 0. The number of nitrogens with one attached hydrogen (secondary N) is 1. The van der Waals surface area contributed by atoms with Crippen molar-refractivity contribution < 1.29 is 4.52 Å². The molecule has 0 amide bonds. The molecule has 1 N–H and O–H groups in total. The standard InChI is InChI=1S/C9H15N3O/c1-10-5-4-8-11-9(13-12-8)6-7-2-3-7/h7,10H,2-6H2,1H3. The van der Waals surface area contributed by atoms with Gasteiger partial charge in [-0.25, -0.2) is 0 Å². The average Bonchev–Trinajstić information content (AvgIpc) is 2.81. The van der Waals surface area contributed by atoms with E-state index in [0.717, 1.165) is 37.0 Å². The normalized spacial score (nSPS) is 16.4. The minimum Gasteiger partial charge on any atom is -0.339 e. The highest BCUT2D eigenvalue weighted by Gasteiger charge is 2.24. The van der Waals surface area contributed by atoms with Gasteiger partial charge in [0.25, 0.3) is 0 Å². The van der Waals surface area contributed by atoms with Gasteiger partial charge in [-0.1, -0.05) is 5.16 Å². The molecule has 4 heteroatoms. The number of hydrogen-bond donors (Lipinski definition) is 1. The van der Waals surface area contributed by atoms with E-state index < -0.39 is 0 Å². The van der Waals surface area contributed by atoms with Crippen molar-refractivity contribution >= 4 is 0 Å². The number of aromatic nitrogens is 2. The molecule has 4 nitrogen and oxygen atoms in total. The van der Waals surface area contributed by atoms with Crippen LogP contribution in [0.3, 0.4) is 0 Å². The molecule has 1 heterocycles. The quantitative estimate of drug-likeness (QED) is 0.729. The molecule has 1 aromatic rings. The molecule has 13 heavy (non-hydrogen) atoms. The van der Waals surface area contributed by atoms with E-state index in [2.05, 4.69) is 15.5 Å². The Morgan fingerprint density at radius 2 is 2.38 bits per heavy atom.